The summed E-state index contributed by atoms with van der Waals surface area (Å²) in [6.07, 6.45) is 3.43. The standard InChI is InChI=1S/C8H13N3O2S/c1-13-5-3-9-7(12)6-11-4-2-10-8(11)14/h2,4H,3,5-6H2,1H3,(H,9,12)(H,10,14). The summed E-state index contributed by atoms with van der Waals surface area (Å²) < 4.78 is 7.02. The molecule has 78 valence electrons. The van der Waals surface area contributed by atoms with Crippen LogP contribution in [-0.2, 0) is 16.1 Å². The predicted octanol–water partition coefficient (Wildman–Crippen LogP) is 0.308. The van der Waals surface area contributed by atoms with Gasteiger partial charge in [-0.15, -0.1) is 0 Å². The number of carbonyl (C=O) groups is 1. The summed E-state index contributed by atoms with van der Waals surface area (Å²) in [5.41, 5.74) is 0. The van der Waals surface area contributed by atoms with Crippen LogP contribution in [0.15, 0.2) is 12.4 Å². The molecule has 1 amide bonds. The van der Waals surface area contributed by atoms with E-state index >= 15 is 0 Å². The van der Waals surface area contributed by atoms with Gasteiger partial charge in [-0.3, -0.25) is 4.79 Å². The highest BCUT2D eigenvalue weighted by Gasteiger charge is 2.01. The molecule has 0 radical (unpaired) electrons. The first-order chi connectivity index (χ1) is 6.74. The summed E-state index contributed by atoms with van der Waals surface area (Å²) in [5, 5.41) is 2.70. The summed E-state index contributed by atoms with van der Waals surface area (Å²) in [6.45, 7) is 1.28. The molecule has 5 nitrogen and oxygen atoms in total. The lowest BCUT2D eigenvalue weighted by Gasteiger charge is -2.04. The molecule has 0 saturated heterocycles. The Balaban J connectivity index is 2.34. The summed E-state index contributed by atoms with van der Waals surface area (Å²) in [7, 11) is 1.59. The van der Waals surface area contributed by atoms with Crippen molar-refractivity contribution in [2.24, 2.45) is 0 Å². The van der Waals surface area contributed by atoms with Gasteiger partial charge in [-0.05, 0) is 12.2 Å². The van der Waals surface area contributed by atoms with E-state index in [-0.39, 0.29) is 12.5 Å². The van der Waals surface area contributed by atoms with Crippen molar-refractivity contribution in [3.8, 4) is 0 Å². The number of ether oxygens (including phenoxy) is 1. The van der Waals surface area contributed by atoms with Crippen LogP contribution in [0.4, 0.5) is 0 Å². The molecular weight excluding hydrogens is 202 g/mol. The number of amides is 1. The van der Waals surface area contributed by atoms with Gasteiger partial charge in [0.1, 0.15) is 6.54 Å². The summed E-state index contributed by atoms with van der Waals surface area (Å²) in [4.78, 5) is 14.1. The highest BCUT2D eigenvalue weighted by Crippen LogP contribution is 1.89. The highest BCUT2D eigenvalue weighted by atomic mass is 32.1. The van der Waals surface area contributed by atoms with Crippen LogP contribution in [0.2, 0.25) is 0 Å². The van der Waals surface area contributed by atoms with Gasteiger partial charge in [-0.2, -0.15) is 0 Å². The number of carbonyl (C=O) groups excluding carboxylic acids is 1. The minimum atomic E-state index is -0.0715. The molecule has 0 bridgehead atoms. The normalized spacial score (nSPS) is 10.1. The Bertz CT molecular complexity index is 344. The molecule has 14 heavy (non-hydrogen) atoms. The molecule has 1 aromatic heterocycles. The average molecular weight is 215 g/mol. The zero-order valence-corrected chi connectivity index (χ0v) is 8.76. The number of methoxy groups -OCH3 is 1. The van der Waals surface area contributed by atoms with Gasteiger partial charge in [0.05, 0.1) is 6.61 Å². The van der Waals surface area contributed by atoms with Gasteiger partial charge in [-0.25, -0.2) is 0 Å². The largest absolute Gasteiger partial charge is 0.383 e. The molecule has 2 N–H and O–H groups in total. The molecule has 6 heteroatoms. The molecule has 0 aliphatic rings. The van der Waals surface area contributed by atoms with E-state index in [4.69, 9.17) is 17.0 Å². The van der Waals surface area contributed by atoms with Gasteiger partial charge < -0.3 is 19.6 Å². The van der Waals surface area contributed by atoms with Crippen molar-refractivity contribution in [1.82, 2.24) is 14.9 Å². The zero-order chi connectivity index (χ0) is 10.4. The third kappa shape index (κ3) is 3.31. The van der Waals surface area contributed by atoms with E-state index in [1.165, 1.54) is 0 Å². The van der Waals surface area contributed by atoms with Crippen molar-refractivity contribution < 1.29 is 9.53 Å². The molecule has 0 atom stereocenters. The van der Waals surface area contributed by atoms with Crippen molar-refractivity contribution in [2.75, 3.05) is 20.3 Å². The second-order valence-corrected chi connectivity index (χ2v) is 3.12. The van der Waals surface area contributed by atoms with Crippen LogP contribution < -0.4 is 5.32 Å². The molecule has 0 aliphatic carbocycles. The number of hydrogen-bond acceptors (Lipinski definition) is 3. The minimum Gasteiger partial charge on any atom is -0.383 e. The predicted molar refractivity (Wildman–Crippen MR) is 54.5 cm³/mol. The molecular formula is C8H13N3O2S. The summed E-state index contributed by atoms with van der Waals surface area (Å²) >= 11 is 4.94. The Morgan fingerprint density at radius 1 is 1.79 bits per heavy atom. The Kier molecular flexibility index (Phi) is 4.34. The first-order valence-corrected chi connectivity index (χ1v) is 4.64. The van der Waals surface area contributed by atoms with Gasteiger partial charge in [-0.1, -0.05) is 0 Å². The van der Waals surface area contributed by atoms with E-state index in [0.717, 1.165) is 0 Å². The lowest BCUT2D eigenvalue weighted by molar-refractivity contribution is -0.121. The van der Waals surface area contributed by atoms with Gasteiger partial charge in [0.25, 0.3) is 0 Å². The molecule has 1 aromatic rings. The Labute approximate surface area is 87.1 Å². The second-order valence-electron chi connectivity index (χ2n) is 2.74. The topological polar surface area (TPSA) is 59.0 Å². The second kappa shape index (κ2) is 5.56. The molecule has 0 aliphatic heterocycles. The lowest BCUT2D eigenvalue weighted by Crippen LogP contribution is -2.30. The van der Waals surface area contributed by atoms with Crippen LogP contribution in [0.1, 0.15) is 0 Å². The first-order valence-electron chi connectivity index (χ1n) is 4.23. The van der Waals surface area contributed by atoms with Crippen molar-refractivity contribution in [1.29, 1.82) is 0 Å². The summed E-state index contributed by atoms with van der Waals surface area (Å²) in [6, 6.07) is 0. The number of hydrogen-bond donors (Lipinski definition) is 2. The number of imidazole rings is 1. The van der Waals surface area contributed by atoms with Crippen molar-refractivity contribution >= 4 is 18.1 Å². The van der Waals surface area contributed by atoms with Crippen LogP contribution in [0.5, 0.6) is 0 Å². The molecule has 1 rings (SSSR count). The van der Waals surface area contributed by atoms with Gasteiger partial charge >= 0.3 is 0 Å². The number of aromatic amines is 1. The highest BCUT2D eigenvalue weighted by molar-refractivity contribution is 7.71. The molecule has 0 saturated carbocycles. The molecule has 0 unspecified atom stereocenters. The maximum absolute atomic E-state index is 11.3. The number of nitrogens with zero attached hydrogens (tertiary/aromatic N) is 1. The third-order valence-electron chi connectivity index (χ3n) is 1.66. The van der Waals surface area contributed by atoms with E-state index in [2.05, 4.69) is 10.3 Å². The molecule has 0 spiro atoms. The fourth-order valence-corrected chi connectivity index (χ4v) is 1.17. The van der Waals surface area contributed by atoms with Crippen LogP contribution in [0.25, 0.3) is 0 Å². The average Bonchev–Trinajstić information content (AvgIpc) is 2.52. The quantitative estimate of drug-likeness (QED) is 0.549. The zero-order valence-electron chi connectivity index (χ0n) is 7.95. The number of nitrogens with one attached hydrogen (secondary N) is 2. The smallest absolute Gasteiger partial charge is 0.240 e. The van der Waals surface area contributed by atoms with Crippen molar-refractivity contribution in [3.05, 3.63) is 17.2 Å². The van der Waals surface area contributed by atoms with E-state index in [0.29, 0.717) is 17.9 Å². The maximum Gasteiger partial charge on any atom is 0.240 e. The Hall–Kier alpha value is -1.14. The third-order valence-corrected chi connectivity index (χ3v) is 2.02. The van der Waals surface area contributed by atoms with Crippen molar-refractivity contribution in [2.45, 2.75) is 6.54 Å². The van der Waals surface area contributed by atoms with Gasteiger partial charge in [0, 0.05) is 26.0 Å². The van der Waals surface area contributed by atoms with Crippen LogP contribution in [0, 0.1) is 4.77 Å². The van der Waals surface area contributed by atoms with E-state index < -0.39 is 0 Å². The SMILES string of the molecule is COCCNC(=O)Cn1cc[nH]c1=S. The van der Waals surface area contributed by atoms with E-state index in [1.54, 1.807) is 24.1 Å². The van der Waals surface area contributed by atoms with Crippen molar-refractivity contribution in [3.63, 3.8) is 0 Å². The first kappa shape index (κ1) is 10.9. The van der Waals surface area contributed by atoms with E-state index in [1.807, 2.05) is 0 Å². The van der Waals surface area contributed by atoms with Gasteiger partial charge in [0.15, 0.2) is 4.77 Å². The fourth-order valence-electron chi connectivity index (χ4n) is 0.977. The summed E-state index contributed by atoms with van der Waals surface area (Å²) in [5.74, 6) is -0.0715. The minimum absolute atomic E-state index is 0.0715. The Morgan fingerprint density at radius 2 is 2.57 bits per heavy atom. The number of H-pyrrole nitrogens is 1. The lowest BCUT2D eigenvalue weighted by atomic mass is 10.5. The van der Waals surface area contributed by atoms with Gasteiger partial charge in [0.2, 0.25) is 5.91 Å². The van der Waals surface area contributed by atoms with Crippen LogP contribution in [-0.4, -0.2) is 35.7 Å². The molecule has 0 aromatic carbocycles. The Morgan fingerprint density at radius 3 is 3.14 bits per heavy atom. The fraction of sp³-hybridized carbons (Fsp3) is 0.500. The van der Waals surface area contributed by atoms with E-state index in [9.17, 15) is 4.79 Å². The number of aromatic nitrogens is 2. The monoisotopic (exact) mass is 215 g/mol. The van der Waals surface area contributed by atoms with Crippen LogP contribution in [0.3, 0.4) is 0 Å². The van der Waals surface area contributed by atoms with Crippen LogP contribution >= 0.6 is 12.2 Å². The maximum atomic E-state index is 11.3. The number of rotatable bonds is 5. The molecule has 0 fully saturated rings. The molecule has 1 heterocycles.